The van der Waals surface area contributed by atoms with E-state index in [9.17, 15) is 4.79 Å². The summed E-state index contributed by atoms with van der Waals surface area (Å²) in [6.07, 6.45) is 4.13. The van der Waals surface area contributed by atoms with Gasteiger partial charge in [-0.05, 0) is 45.0 Å². The molecular weight excluding hydrogens is 350 g/mol. The van der Waals surface area contributed by atoms with E-state index in [0.29, 0.717) is 13.1 Å². The molecule has 2 N–H and O–H groups in total. The van der Waals surface area contributed by atoms with Crippen LogP contribution in [-0.2, 0) is 17.9 Å². The smallest absolute Gasteiger partial charge is 0.230 e. The van der Waals surface area contributed by atoms with Gasteiger partial charge < -0.3 is 20.4 Å². The molecule has 0 aromatic heterocycles. The molecule has 0 atom stereocenters. The molecular formula is C22H37N5O. The maximum atomic E-state index is 12.8. The Balaban J connectivity index is 2.10. The Kier molecular flexibility index (Phi) is 8.30. The second-order valence-corrected chi connectivity index (χ2v) is 8.24. The van der Waals surface area contributed by atoms with Crippen molar-refractivity contribution in [3.63, 3.8) is 0 Å². The van der Waals surface area contributed by atoms with Crippen LogP contribution in [0.1, 0.15) is 43.7 Å². The van der Waals surface area contributed by atoms with Gasteiger partial charge in [-0.2, -0.15) is 0 Å². The first-order valence-corrected chi connectivity index (χ1v) is 10.3. The zero-order valence-corrected chi connectivity index (χ0v) is 18.2. The zero-order valence-electron chi connectivity index (χ0n) is 18.2. The molecule has 0 heterocycles. The lowest BCUT2D eigenvalue weighted by Crippen LogP contribution is -2.49. The van der Waals surface area contributed by atoms with Crippen LogP contribution in [0, 0.1) is 5.41 Å². The predicted octanol–water partition coefficient (Wildman–Crippen LogP) is 2.45. The highest BCUT2D eigenvalue weighted by Gasteiger charge is 2.42. The third kappa shape index (κ3) is 5.96. The summed E-state index contributed by atoms with van der Waals surface area (Å²) >= 11 is 0. The maximum Gasteiger partial charge on any atom is 0.230 e. The van der Waals surface area contributed by atoms with E-state index < -0.39 is 0 Å². The van der Waals surface area contributed by atoms with Gasteiger partial charge in [0.2, 0.25) is 5.91 Å². The molecule has 1 fully saturated rings. The fourth-order valence-corrected chi connectivity index (χ4v) is 3.96. The summed E-state index contributed by atoms with van der Waals surface area (Å²) in [6, 6.07) is 8.44. The van der Waals surface area contributed by atoms with Crippen molar-refractivity contribution in [2.45, 2.75) is 45.7 Å². The van der Waals surface area contributed by atoms with Crippen molar-refractivity contribution in [2.75, 3.05) is 41.3 Å². The molecule has 1 aliphatic carbocycles. The third-order valence-corrected chi connectivity index (χ3v) is 5.37. The number of nitrogens with zero attached hydrogens (tertiary/aromatic N) is 3. The average Bonchev–Trinajstić information content (AvgIpc) is 3.14. The SMILES string of the molecule is CCNC(=NCc1ccccc1CN(C)C)NCC1(C(=O)N(C)C)CCCC1. The van der Waals surface area contributed by atoms with Gasteiger partial charge in [0, 0.05) is 33.7 Å². The average molecular weight is 388 g/mol. The number of benzene rings is 1. The fraction of sp³-hybridized carbons (Fsp3) is 0.636. The molecule has 6 heteroatoms. The monoisotopic (exact) mass is 387 g/mol. The van der Waals surface area contributed by atoms with Gasteiger partial charge >= 0.3 is 0 Å². The first-order chi connectivity index (χ1) is 13.4. The molecule has 0 aliphatic heterocycles. The second kappa shape index (κ2) is 10.5. The van der Waals surface area contributed by atoms with E-state index in [-0.39, 0.29) is 11.3 Å². The molecule has 0 unspecified atom stereocenters. The van der Waals surface area contributed by atoms with Crippen molar-refractivity contribution < 1.29 is 4.79 Å². The predicted molar refractivity (Wildman–Crippen MR) is 116 cm³/mol. The van der Waals surface area contributed by atoms with Crippen molar-refractivity contribution in [1.29, 1.82) is 0 Å². The molecule has 1 saturated carbocycles. The van der Waals surface area contributed by atoms with Gasteiger partial charge in [-0.3, -0.25) is 4.79 Å². The molecule has 1 aromatic carbocycles. The van der Waals surface area contributed by atoms with Crippen molar-refractivity contribution in [2.24, 2.45) is 10.4 Å². The Hall–Kier alpha value is -2.08. The minimum atomic E-state index is -0.303. The quantitative estimate of drug-likeness (QED) is 0.531. The van der Waals surface area contributed by atoms with Crippen LogP contribution in [-0.4, -0.2) is 62.9 Å². The van der Waals surface area contributed by atoms with E-state index in [0.717, 1.165) is 44.7 Å². The van der Waals surface area contributed by atoms with Crippen LogP contribution in [0.15, 0.2) is 29.3 Å². The summed E-state index contributed by atoms with van der Waals surface area (Å²) in [5.74, 6) is 1.00. The minimum absolute atomic E-state index is 0.227. The lowest BCUT2D eigenvalue weighted by atomic mass is 9.84. The fourth-order valence-electron chi connectivity index (χ4n) is 3.96. The second-order valence-electron chi connectivity index (χ2n) is 8.24. The van der Waals surface area contributed by atoms with Crippen LogP contribution in [0.25, 0.3) is 0 Å². The van der Waals surface area contributed by atoms with Crippen LogP contribution < -0.4 is 10.6 Å². The molecule has 156 valence electrons. The Bertz CT molecular complexity index is 663. The van der Waals surface area contributed by atoms with Crippen molar-refractivity contribution in [3.8, 4) is 0 Å². The molecule has 0 saturated heterocycles. The number of carbonyl (C=O) groups is 1. The van der Waals surface area contributed by atoms with E-state index in [1.54, 1.807) is 4.90 Å². The summed E-state index contributed by atoms with van der Waals surface area (Å²) in [6.45, 7) is 5.01. The van der Waals surface area contributed by atoms with Gasteiger partial charge in [0.15, 0.2) is 5.96 Å². The van der Waals surface area contributed by atoms with Crippen molar-refractivity contribution in [1.82, 2.24) is 20.4 Å². The van der Waals surface area contributed by atoms with E-state index in [2.05, 4.69) is 60.8 Å². The molecule has 6 nitrogen and oxygen atoms in total. The maximum absolute atomic E-state index is 12.8. The van der Waals surface area contributed by atoms with Gasteiger partial charge in [0.05, 0.1) is 12.0 Å². The first kappa shape index (κ1) is 22.2. The Morgan fingerprint density at radius 2 is 1.71 bits per heavy atom. The Morgan fingerprint density at radius 3 is 2.29 bits per heavy atom. The van der Waals surface area contributed by atoms with Gasteiger partial charge in [0.1, 0.15) is 0 Å². The van der Waals surface area contributed by atoms with Crippen LogP contribution in [0.4, 0.5) is 0 Å². The van der Waals surface area contributed by atoms with Crippen LogP contribution in [0.5, 0.6) is 0 Å². The molecule has 0 spiro atoms. The van der Waals surface area contributed by atoms with E-state index >= 15 is 0 Å². The number of carbonyl (C=O) groups excluding carboxylic acids is 1. The highest BCUT2D eigenvalue weighted by Crippen LogP contribution is 2.38. The van der Waals surface area contributed by atoms with Crippen LogP contribution in [0.2, 0.25) is 0 Å². The highest BCUT2D eigenvalue weighted by atomic mass is 16.2. The number of aliphatic imine (C=N–C) groups is 1. The van der Waals surface area contributed by atoms with Crippen molar-refractivity contribution in [3.05, 3.63) is 35.4 Å². The number of amides is 1. The largest absolute Gasteiger partial charge is 0.357 e. The van der Waals surface area contributed by atoms with Crippen LogP contribution >= 0.6 is 0 Å². The molecule has 0 radical (unpaired) electrons. The van der Waals surface area contributed by atoms with Gasteiger partial charge in [0.25, 0.3) is 0 Å². The number of guanidine groups is 1. The van der Waals surface area contributed by atoms with E-state index in [4.69, 9.17) is 4.99 Å². The molecule has 1 aromatic rings. The standard InChI is InChI=1S/C22H37N5O/c1-6-23-21(24-15-18-11-7-8-12-19(18)16-26(2)3)25-17-22(13-9-10-14-22)20(28)27(4)5/h7-8,11-12H,6,9-10,13-17H2,1-5H3,(H2,23,24,25). The third-order valence-electron chi connectivity index (χ3n) is 5.37. The Labute approximate surface area is 170 Å². The van der Waals surface area contributed by atoms with Crippen molar-refractivity contribution >= 4 is 11.9 Å². The number of nitrogens with one attached hydrogen (secondary N) is 2. The van der Waals surface area contributed by atoms with Gasteiger partial charge in [-0.15, -0.1) is 0 Å². The topological polar surface area (TPSA) is 60.0 Å². The molecule has 1 aliphatic rings. The summed E-state index contributed by atoms with van der Waals surface area (Å²) < 4.78 is 0. The summed E-state index contributed by atoms with van der Waals surface area (Å²) in [7, 11) is 7.86. The molecule has 2 rings (SSSR count). The summed E-state index contributed by atoms with van der Waals surface area (Å²) in [5.41, 5.74) is 2.22. The van der Waals surface area contributed by atoms with Crippen LogP contribution in [0.3, 0.4) is 0 Å². The Morgan fingerprint density at radius 1 is 1.07 bits per heavy atom. The zero-order chi connectivity index (χ0) is 20.6. The number of hydrogen-bond acceptors (Lipinski definition) is 3. The molecule has 28 heavy (non-hydrogen) atoms. The lowest BCUT2D eigenvalue weighted by Gasteiger charge is -2.31. The summed E-state index contributed by atoms with van der Waals surface area (Å²) in [5, 5.41) is 6.78. The molecule has 0 bridgehead atoms. The lowest BCUT2D eigenvalue weighted by molar-refractivity contribution is -0.138. The van der Waals surface area contributed by atoms with E-state index in [1.807, 2.05) is 14.1 Å². The summed E-state index contributed by atoms with van der Waals surface area (Å²) in [4.78, 5) is 21.5. The van der Waals surface area contributed by atoms with E-state index in [1.165, 1.54) is 11.1 Å². The van der Waals surface area contributed by atoms with Gasteiger partial charge in [-0.1, -0.05) is 37.1 Å². The number of hydrogen-bond donors (Lipinski definition) is 2. The first-order valence-electron chi connectivity index (χ1n) is 10.3. The normalized spacial score (nSPS) is 16.3. The number of rotatable bonds is 8. The molecule has 1 amide bonds. The van der Waals surface area contributed by atoms with Gasteiger partial charge in [-0.25, -0.2) is 4.99 Å². The highest BCUT2D eigenvalue weighted by molar-refractivity contribution is 5.85. The minimum Gasteiger partial charge on any atom is -0.357 e.